The minimum atomic E-state index is -0.766. The van der Waals surface area contributed by atoms with Crippen LogP contribution in [0.15, 0.2) is 35.3 Å². The fourth-order valence-electron chi connectivity index (χ4n) is 4.86. The topological polar surface area (TPSA) is 169 Å². The summed E-state index contributed by atoms with van der Waals surface area (Å²) in [6, 6.07) is 10.4. The van der Waals surface area contributed by atoms with E-state index in [-0.39, 0.29) is 39.9 Å². The number of urea groups is 1. The number of halogens is 1. The van der Waals surface area contributed by atoms with Gasteiger partial charge >= 0.3 is 11.9 Å². The molecule has 39 heavy (non-hydrogen) atoms. The number of benzene rings is 1. The van der Waals surface area contributed by atoms with Crippen LogP contribution in [0.2, 0.25) is 5.15 Å². The number of hydrogen-bond donors (Lipinski definition) is 4. The number of guanidine groups is 1. The van der Waals surface area contributed by atoms with Gasteiger partial charge in [0.2, 0.25) is 0 Å². The van der Waals surface area contributed by atoms with Crippen molar-refractivity contribution >= 4 is 41.1 Å². The number of nitrogen functional groups attached to an aromatic ring is 2. The van der Waals surface area contributed by atoms with Crippen molar-refractivity contribution < 1.29 is 9.59 Å². The lowest BCUT2D eigenvalue weighted by molar-refractivity contribution is 0.0912. The highest BCUT2D eigenvalue weighted by atomic mass is 35.5. The van der Waals surface area contributed by atoms with Crippen molar-refractivity contribution in [2.24, 2.45) is 16.1 Å². The van der Waals surface area contributed by atoms with Crippen LogP contribution >= 0.6 is 11.6 Å². The van der Waals surface area contributed by atoms with Crippen molar-refractivity contribution in [2.75, 3.05) is 44.2 Å². The lowest BCUT2D eigenvalue weighted by atomic mass is 9.74. The van der Waals surface area contributed by atoms with Crippen LogP contribution in [-0.4, -0.2) is 70.4 Å². The summed E-state index contributed by atoms with van der Waals surface area (Å²) in [5.74, 6) is -1.06. The molecule has 0 spiro atoms. The third-order valence-corrected chi connectivity index (χ3v) is 7.39. The second kappa shape index (κ2) is 14.0. The van der Waals surface area contributed by atoms with E-state index in [9.17, 15) is 9.59 Å². The van der Waals surface area contributed by atoms with Crippen LogP contribution in [0.25, 0.3) is 0 Å². The maximum absolute atomic E-state index is 13.2. The normalized spacial score (nSPS) is 15.2. The Hall–Kier alpha value is -3.60. The van der Waals surface area contributed by atoms with Gasteiger partial charge in [-0.2, -0.15) is 4.99 Å². The number of likely N-dealkylation sites (tertiary alicyclic amines) is 1. The molecule has 1 fully saturated rings. The molecular weight excluding hydrogens is 518 g/mol. The first-order chi connectivity index (χ1) is 18.7. The lowest BCUT2D eigenvalue weighted by Crippen LogP contribution is -2.52. The number of carbonyl (C=O) groups is 2. The fourth-order valence-corrected chi connectivity index (χ4v) is 4.99. The maximum atomic E-state index is 13.2. The Morgan fingerprint density at radius 1 is 1.08 bits per heavy atom. The average Bonchev–Trinajstić information content (AvgIpc) is 2.93. The monoisotopic (exact) mass is 557 g/mol. The highest BCUT2D eigenvalue weighted by Gasteiger charge is 2.36. The smallest absolute Gasteiger partial charge is 0.319 e. The Balaban J connectivity index is 1.71. The molecule has 1 saturated heterocycles. The van der Waals surface area contributed by atoms with Crippen molar-refractivity contribution in [3.05, 3.63) is 46.7 Å². The molecule has 2 heterocycles. The van der Waals surface area contributed by atoms with E-state index >= 15 is 0 Å². The summed E-state index contributed by atoms with van der Waals surface area (Å²) in [6.07, 6.45) is 5.26. The molecule has 1 aromatic heterocycles. The van der Waals surface area contributed by atoms with Gasteiger partial charge in [0.15, 0.2) is 28.4 Å². The van der Waals surface area contributed by atoms with Crippen molar-refractivity contribution in [3.8, 4) is 0 Å². The van der Waals surface area contributed by atoms with Crippen molar-refractivity contribution in [1.29, 1.82) is 0 Å². The number of nitrogens with one attached hydrogen (secondary N) is 1. The number of aliphatic imine (C=N–C) groups is 1. The van der Waals surface area contributed by atoms with Crippen LogP contribution in [0.5, 0.6) is 0 Å². The zero-order valence-electron chi connectivity index (χ0n) is 22.8. The van der Waals surface area contributed by atoms with Gasteiger partial charge in [0.25, 0.3) is 0 Å². The molecule has 3 amide bonds. The Kier molecular flexibility index (Phi) is 10.7. The van der Waals surface area contributed by atoms with E-state index in [0.717, 1.165) is 51.6 Å². The van der Waals surface area contributed by atoms with E-state index in [1.165, 1.54) is 5.56 Å². The Morgan fingerprint density at radius 3 is 2.33 bits per heavy atom. The first-order valence-electron chi connectivity index (χ1n) is 13.5. The van der Waals surface area contributed by atoms with E-state index in [4.69, 9.17) is 28.8 Å². The number of hydrogen-bond acceptors (Lipinski definition) is 6. The summed E-state index contributed by atoms with van der Waals surface area (Å²) in [7, 11) is 0. The minimum absolute atomic E-state index is 0.0520. The van der Waals surface area contributed by atoms with Gasteiger partial charge < -0.3 is 32.3 Å². The van der Waals surface area contributed by atoms with E-state index in [1.54, 1.807) is 0 Å². The zero-order chi connectivity index (χ0) is 28.4. The highest BCUT2D eigenvalue weighted by Crippen LogP contribution is 2.36. The molecule has 1 aliphatic heterocycles. The summed E-state index contributed by atoms with van der Waals surface area (Å²) in [5.41, 5.74) is 18.3. The number of aryl methyl sites for hydroxylation is 1. The zero-order valence-corrected chi connectivity index (χ0v) is 23.6. The summed E-state index contributed by atoms with van der Waals surface area (Å²) >= 11 is 5.89. The van der Waals surface area contributed by atoms with Crippen LogP contribution in [0.4, 0.5) is 16.4 Å². The molecule has 0 atom stereocenters. The number of carbonyl (C=O) groups excluding carboxylic acids is 2. The van der Waals surface area contributed by atoms with Crippen molar-refractivity contribution in [3.63, 3.8) is 0 Å². The Morgan fingerprint density at radius 2 is 1.72 bits per heavy atom. The molecule has 0 bridgehead atoms. The summed E-state index contributed by atoms with van der Waals surface area (Å²) < 4.78 is 0. The SMILES string of the molecule is CCCN(CCC)C(=O)N1CCC(CCc2ccccc2)(CN/C(N)=N/C(=O)c2nc(Cl)c(N)nc2N)CC1. The molecule has 1 aliphatic rings. The van der Waals surface area contributed by atoms with Gasteiger partial charge in [-0.15, -0.1) is 0 Å². The summed E-state index contributed by atoms with van der Waals surface area (Å²) in [6.45, 7) is 7.52. The molecule has 3 rings (SSSR count). The van der Waals surface area contributed by atoms with E-state index in [2.05, 4.69) is 46.3 Å². The second-order valence-corrected chi connectivity index (χ2v) is 10.4. The number of amides is 3. The molecular formula is C27H40ClN9O2. The molecule has 0 radical (unpaired) electrons. The first-order valence-corrected chi connectivity index (χ1v) is 13.8. The van der Waals surface area contributed by atoms with Gasteiger partial charge in [-0.25, -0.2) is 14.8 Å². The van der Waals surface area contributed by atoms with Gasteiger partial charge in [-0.05, 0) is 49.5 Å². The molecule has 0 aliphatic carbocycles. The number of nitrogens with zero attached hydrogens (tertiary/aromatic N) is 5. The lowest BCUT2D eigenvalue weighted by Gasteiger charge is -2.43. The molecule has 11 nitrogen and oxygen atoms in total. The quantitative estimate of drug-likeness (QED) is 0.255. The molecule has 12 heteroatoms. The molecule has 7 N–H and O–H groups in total. The molecule has 0 saturated carbocycles. The number of aromatic nitrogens is 2. The van der Waals surface area contributed by atoms with Crippen LogP contribution in [0.3, 0.4) is 0 Å². The van der Waals surface area contributed by atoms with Gasteiger partial charge in [0.1, 0.15) is 0 Å². The predicted octanol–water partition coefficient (Wildman–Crippen LogP) is 3.30. The Labute approximate surface area is 235 Å². The number of anilines is 2. The predicted molar refractivity (Wildman–Crippen MR) is 155 cm³/mol. The van der Waals surface area contributed by atoms with E-state index in [1.807, 2.05) is 28.0 Å². The van der Waals surface area contributed by atoms with Crippen molar-refractivity contribution in [2.45, 2.75) is 52.4 Å². The van der Waals surface area contributed by atoms with Gasteiger partial charge in [0.05, 0.1) is 0 Å². The number of nitrogens with two attached hydrogens (primary N) is 3. The third kappa shape index (κ3) is 8.19. The number of rotatable bonds is 10. The van der Waals surface area contributed by atoms with Gasteiger partial charge in [0, 0.05) is 32.7 Å². The van der Waals surface area contributed by atoms with E-state index in [0.29, 0.717) is 19.6 Å². The van der Waals surface area contributed by atoms with Crippen LogP contribution in [0.1, 0.15) is 62.0 Å². The molecule has 2 aromatic rings. The third-order valence-electron chi connectivity index (χ3n) is 7.11. The summed E-state index contributed by atoms with van der Waals surface area (Å²) in [5, 5.41) is 3.00. The first kappa shape index (κ1) is 29.9. The average molecular weight is 558 g/mol. The number of piperidine rings is 1. The summed E-state index contributed by atoms with van der Waals surface area (Å²) in [4.78, 5) is 41.3. The molecule has 1 aromatic carbocycles. The molecule has 0 unspecified atom stereocenters. The Bertz CT molecular complexity index is 1150. The van der Waals surface area contributed by atoms with E-state index < -0.39 is 5.91 Å². The van der Waals surface area contributed by atoms with Crippen molar-refractivity contribution in [1.82, 2.24) is 25.1 Å². The molecule has 212 valence electrons. The van der Waals surface area contributed by atoms with Crippen LogP contribution in [0, 0.1) is 5.41 Å². The largest absolute Gasteiger partial charge is 0.382 e. The minimum Gasteiger partial charge on any atom is -0.382 e. The van der Waals surface area contributed by atoms with Crippen LogP contribution < -0.4 is 22.5 Å². The fraction of sp³-hybridized carbons (Fsp3) is 0.519. The van der Waals surface area contributed by atoms with Gasteiger partial charge in [-0.1, -0.05) is 55.8 Å². The second-order valence-electron chi connectivity index (χ2n) is 10.0. The standard InChI is InChI=1S/C27H40ClN9O2/c1-3-14-36(15-4-2)26(39)37-16-12-27(13-17-37,11-10-19-8-6-5-7-9-19)18-32-25(31)35-24(38)20-22(29)34-23(30)21(28)33-20/h5-9H,3-4,10-18H2,1-2H3,(H4,29,30,34)(H3,31,32,35,38). The van der Waals surface area contributed by atoms with Gasteiger partial charge in [-0.3, -0.25) is 4.79 Å². The van der Waals surface area contributed by atoms with Crippen LogP contribution in [-0.2, 0) is 6.42 Å². The highest BCUT2D eigenvalue weighted by molar-refractivity contribution is 6.31. The maximum Gasteiger partial charge on any atom is 0.319 e.